The molecule has 2 rings (SSSR count). The van der Waals surface area contributed by atoms with Crippen LogP contribution in [0.2, 0.25) is 5.15 Å². The van der Waals surface area contributed by atoms with Gasteiger partial charge in [-0.25, -0.2) is 4.98 Å². The van der Waals surface area contributed by atoms with Crippen molar-refractivity contribution in [1.29, 1.82) is 0 Å². The van der Waals surface area contributed by atoms with E-state index in [-0.39, 0.29) is 23.5 Å². The minimum atomic E-state index is -0.522. The van der Waals surface area contributed by atoms with Crippen LogP contribution in [0, 0.1) is 10.1 Å². The molecule has 1 fully saturated rings. The van der Waals surface area contributed by atoms with Crippen LogP contribution < -0.4 is 4.90 Å². The van der Waals surface area contributed by atoms with Gasteiger partial charge in [0, 0.05) is 6.54 Å². The molecule has 1 aromatic heterocycles. The molecule has 1 atom stereocenters. The van der Waals surface area contributed by atoms with E-state index in [0.29, 0.717) is 25.6 Å². The van der Waals surface area contributed by atoms with Crippen molar-refractivity contribution < 1.29 is 14.8 Å². The summed E-state index contributed by atoms with van der Waals surface area (Å²) in [7, 11) is 0. The van der Waals surface area contributed by atoms with E-state index in [1.54, 1.807) is 4.90 Å². The smallest absolute Gasteiger partial charge is 0.276 e. The van der Waals surface area contributed by atoms with Crippen molar-refractivity contribution in [1.82, 2.24) is 4.98 Å². The van der Waals surface area contributed by atoms with E-state index in [9.17, 15) is 15.2 Å². The number of pyridine rings is 1. The van der Waals surface area contributed by atoms with Crippen LogP contribution in [0.25, 0.3) is 0 Å². The maximum Gasteiger partial charge on any atom is 0.276 e. The Morgan fingerprint density at radius 1 is 1.67 bits per heavy atom. The first-order valence-electron chi connectivity index (χ1n) is 5.39. The van der Waals surface area contributed by atoms with Crippen LogP contribution in [0.3, 0.4) is 0 Å². The Balaban J connectivity index is 2.33. The molecule has 1 N–H and O–H groups in total. The summed E-state index contributed by atoms with van der Waals surface area (Å²) in [6.07, 6.45) is 0. The largest absolute Gasteiger partial charge is 0.394 e. The van der Waals surface area contributed by atoms with Gasteiger partial charge in [0.25, 0.3) is 5.69 Å². The highest BCUT2D eigenvalue weighted by molar-refractivity contribution is 6.29. The van der Waals surface area contributed by atoms with E-state index in [0.717, 1.165) is 0 Å². The number of halogens is 1. The van der Waals surface area contributed by atoms with E-state index < -0.39 is 4.92 Å². The topological polar surface area (TPSA) is 88.7 Å². The number of rotatable bonds is 3. The minimum absolute atomic E-state index is 0.0578. The summed E-state index contributed by atoms with van der Waals surface area (Å²) in [6.45, 7) is 1.24. The molecular formula is C10H12ClN3O4. The van der Waals surface area contributed by atoms with Crippen molar-refractivity contribution in [3.8, 4) is 0 Å². The molecule has 0 saturated carbocycles. The Morgan fingerprint density at radius 2 is 2.44 bits per heavy atom. The molecule has 0 aromatic carbocycles. The van der Waals surface area contributed by atoms with Crippen LogP contribution in [0.1, 0.15) is 0 Å². The molecule has 0 bridgehead atoms. The van der Waals surface area contributed by atoms with Gasteiger partial charge in [0.05, 0.1) is 42.9 Å². The number of hydrogen-bond donors (Lipinski definition) is 1. The molecule has 18 heavy (non-hydrogen) atoms. The molecule has 1 aliphatic rings. The summed E-state index contributed by atoms with van der Waals surface area (Å²) >= 11 is 5.77. The fraction of sp³-hybridized carbons (Fsp3) is 0.500. The van der Waals surface area contributed by atoms with Gasteiger partial charge in [-0.05, 0) is 0 Å². The molecule has 1 saturated heterocycles. The summed E-state index contributed by atoms with van der Waals surface area (Å²) in [5.41, 5.74) is -0.117. The molecule has 0 aliphatic carbocycles. The number of hydrogen-bond acceptors (Lipinski definition) is 6. The highest BCUT2D eigenvalue weighted by atomic mass is 35.5. The number of aromatic nitrogens is 1. The number of aliphatic hydroxyl groups excluding tert-OH is 1. The van der Waals surface area contributed by atoms with Crippen LogP contribution in [-0.4, -0.2) is 47.4 Å². The quantitative estimate of drug-likeness (QED) is 0.499. The van der Waals surface area contributed by atoms with Gasteiger partial charge in [0.15, 0.2) is 0 Å². The molecule has 1 aliphatic heterocycles. The molecular weight excluding hydrogens is 262 g/mol. The Morgan fingerprint density at radius 3 is 3.11 bits per heavy atom. The summed E-state index contributed by atoms with van der Waals surface area (Å²) < 4.78 is 5.24. The van der Waals surface area contributed by atoms with Crippen molar-refractivity contribution in [2.24, 2.45) is 0 Å². The number of nitrogens with zero attached hydrogens (tertiary/aromatic N) is 3. The number of ether oxygens (including phenoxy) is 1. The van der Waals surface area contributed by atoms with Crippen molar-refractivity contribution in [3.63, 3.8) is 0 Å². The average molecular weight is 274 g/mol. The van der Waals surface area contributed by atoms with Gasteiger partial charge in [0.1, 0.15) is 11.0 Å². The zero-order chi connectivity index (χ0) is 13.1. The summed E-state index contributed by atoms with van der Waals surface area (Å²) in [5, 5.41) is 20.1. The number of aliphatic hydroxyl groups is 1. The van der Waals surface area contributed by atoms with Gasteiger partial charge >= 0.3 is 0 Å². The fourth-order valence-corrected chi connectivity index (χ4v) is 2.03. The number of nitro groups is 1. The maximum atomic E-state index is 10.8. The Hall–Kier alpha value is -1.44. The fourth-order valence-electron chi connectivity index (χ4n) is 1.83. The molecule has 0 radical (unpaired) electrons. The second-order valence-corrected chi connectivity index (χ2v) is 4.26. The van der Waals surface area contributed by atoms with Crippen LogP contribution in [0.5, 0.6) is 0 Å². The van der Waals surface area contributed by atoms with Gasteiger partial charge in [-0.3, -0.25) is 10.1 Å². The van der Waals surface area contributed by atoms with Gasteiger partial charge in [-0.2, -0.15) is 0 Å². The SMILES string of the molecule is O=[N+]([O-])c1cc(Cl)nc(N2CCOCC2CO)c1. The summed E-state index contributed by atoms with van der Waals surface area (Å²) in [6, 6.07) is 2.28. The first-order chi connectivity index (χ1) is 8.61. The molecule has 0 spiro atoms. The first kappa shape index (κ1) is 13.0. The Bertz CT molecular complexity index is 457. The van der Waals surface area contributed by atoms with Crippen LogP contribution in [-0.2, 0) is 4.74 Å². The van der Waals surface area contributed by atoms with Crippen molar-refractivity contribution >= 4 is 23.1 Å². The molecule has 2 heterocycles. The first-order valence-corrected chi connectivity index (χ1v) is 5.77. The third-order valence-corrected chi connectivity index (χ3v) is 2.90. The monoisotopic (exact) mass is 273 g/mol. The van der Waals surface area contributed by atoms with Gasteiger partial charge in [-0.1, -0.05) is 11.6 Å². The lowest BCUT2D eigenvalue weighted by molar-refractivity contribution is -0.384. The standard InChI is InChI=1S/C10H12ClN3O4/c11-9-3-7(14(16)17)4-10(12-9)13-1-2-18-6-8(13)5-15/h3-4,8,15H,1-2,5-6H2. The molecule has 1 aromatic rings. The number of anilines is 1. The van der Waals surface area contributed by atoms with Crippen molar-refractivity contribution in [2.75, 3.05) is 31.3 Å². The average Bonchev–Trinajstić information content (AvgIpc) is 2.38. The predicted octanol–water partition coefficient (Wildman–Crippen LogP) is 0.841. The molecule has 0 amide bonds. The lowest BCUT2D eigenvalue weighted by Gasteiger charge is -2.35. The summed E-state index contributed by atoms with van der Waals surface area (Å²) in [4.78, 5) is 16.1. The zero-order valence-electron chi connectivity index (χ0n) is 9.45. The second kappa shape index (κ2) is 5.47. The Labute approximate surface area is 108 Å². The highest BCUT2D eigenvalue weighted by Gasteiger charge is 2.25. The van der Waals surface area contributed by atoms with Gasteiger partial charge < -0.3 is 14.7 Å². The number of morpholine rings is 1. The lowest BCUT2D eigenvalue weighted by Crippen LogP contribution is -2.48. The lowest BCUT2D eigenvalue weighted by atomic mass is 10.2. The predicted molar refractivity (Wildman–Crippen MR) is 64.9 cm³/mol. The van der Waals surface area contributed by atoms with E-state index >= 15 is 0 Å². The molecule has 98 valence electrons. The van der Waals surface area contributed by atoms with E-state index in [4.69, 9.17) is 16.3 Å². The Kier molecular flexibility index (Phi) is 3.95. The molecule has 8 heteroatoms. The van der Waals surface area contributed by atoms with Gasteiger partial charge in [0.2, 0.25) is 0 Å². The highest BCUT2D eigenvalue weighted by Crippen LogP contribution is 2.25. The molecule has 1 unspecified atom stereocenters. The second-order valence-electron chi connectivity index (χ2n) is 3.87. The normalized spacial score (nSPS) is 19.9. The van der Waals surface area contributed by atoms with E-state index in [2.05, 4.69) is 4.98 Å². The van der Waals surface area contributed by atoms with Crippen LogP contribution in [0.15, 0.2) is 12.1 Å². The van der Waals surface area contributed by atoms with Crippen molar-refractivity contribution in [2.45, 2.75) is 6.04 Å². The third kappa shape index (κ3) is 2.69. The maximum absolute atomic E-state index is 10.8. The van der Waals surface area contributed by atoms with Crippen LogP contribution in [0.4, 0.5) is 11.5 Å². The van der Waals surface area contributed by atoms with E-state index in [1.807, 2.05) is 0 Å². The van der Waals surface area contributed by atoms with E-state index in [1.165, 1.54) is 12.1 Å². The molecule has 7 nitrogen and oxygen atoms in total. The third-order valence-electron chi connectivity index (χ3n) is 2.71. The van der Waals surface area contributed by atoms with Crippen molar-refractivity contribution in [3.05, 3.63) is 27.4 Å². The summed E-state index contributed by atoms with van der Waals surface area (Å²) in [5.74, 6) is 0.386. The van der Waals surface area contributed by atoms with Crippen LogP contribution >= 0.6 is 11.6 Å². The van der Waals surface area contributed by atoms with Gasteiger partial charge in [-0.15, -0.1) is 0 Å². The minimum Gasteiger partial charge on any atom is -0.394 e. The zero-order valence-corrected chi connectivity index (χ0v) is 10.2.